The van der Waals surface area contributed by atoms with Crippen LogP contribution in [0.5, 0.6) is 11.5 Å². The molecule has 58 heavy (non-hydrogen) atoms. The van der Waals surface area contributed by atoms with E-state index in [1.165, 1.54) is 22.3 Å². The molecule has 1 spiro atoms. The largest absolute Gasteiger partial charge is 0.456 e. The molecule has 0 N–H and O–H groups in total. The summed E-state index contributed by atoms with van der Waals surface area (Å²) in [5.74, 6) is 1.75. The Hall–Kier alpha value is -7.76. The molecule has 0 amide bonds. The van der Waals surface area contributed by atoms with Gasteiger partial charge >= 0.3 is 0 Å². The summed E-state index contributed by atoms with van der Waals surface area (Å²) >= 11 is 0. The van der Waals surface area contributed by atoms with E-state index in [0.717, 1.165) is 72.7 Å². The van der Waals surface area contributed by atoms with Crippen molar-refractivity contribution >= 4 is 33.5 Å². The van der Waals surface area contributed by atoms with E-state index >= 15 is 0 Å². The minimum absolute atomic E-state index is 0.0741. The van der Waals surface area contributed by atoms with Gasteiger partial charge in [-0.2, -0.15) is 0 Å². The number of ether oxygens (including phenoxy) is 1. The van der Waals surface area contributed by atoms with Crippen molar-refractivity contribution in [1.82, 2.24) is 0 Å². The Morgan fingerprint density at radius 2 is 1.00 bits per heavy atom. The third-order valence-corrected chi connectivity index (χ3v) is 11.8. The summed E-state index contributed by atoms with van der Waals surface area (Å²) in [5, 5.41) is 13.6. The third kappa shape index (κ3) is 5.10. The standard InChI is InChI=1S/C53H34N2O3/c56-55(57)42-29-22-38(23-30-42)37-20-27-41(28-21-37)54(40-25-18-36(19-26-40)35-10-2-1-3-11-35)43-31-32-46-45-14-6-7-15-47(45)53(50(46)34-43)48-16-8-9-17-51(48)58-52-44-13-5-4-12-39(44)24-33-49(52)53/h1-34H. The van der Waals surface area contributed by atoms with Gasteiger partial charge < -0.3 is 9.64 Å². The molecular weight excluding hydrogens is 713 g/mol. The zero-order valence-corrected chi connectivity index (χ0v) is 31.2. The van der Waals surface area contributed by atoms with Crippen molar-refractivity contribution < 1.29 is 9.66 Å². The predicted octanol–water partition coefficient (Wildman–Crippen LogP) is 14.0. The van der Waals surface area contributed by atoms with Gasteiger partial charge in [0.1, 0.15) is 11.5 Å². The normalized spacial score (nSPS) is 14.6. The van der Waals surface area contributed by atoms with Crippen molar-refractivity contribution in [3.8, 4) is 44.9 Å². The van der Waals surface area contributed by atoms with Crippen LogP contribution in [0.3, 0.4) is 0 Å². The highest BCUT2D eigenvalue weighted by molar-refractivity contribution is 5.96. The van der Waals surface area contributed by atoms with Crippen molar-refractivity contribution in [3.63, 3.8) is 0 Å². The molecule has 0 bridgehead atoms. The third-order valence-electron chi connectivity index (χ3n) is 11.8. The van der Waals surface area contributed by atoms with Crippen LogP contribution in [-0.4, -0.2) is 4.92 Å². The molecule has 0 saturated heterocycles. The van der Waals surface area contributed by atoms with Crippen molar-refractivity contribution in [1.29, 1.82) is 0 Å². The zero-order valence-electron chi connectivity index (χ0n) is 31.2. The molecule has 5 heteroatoms. The Bertz CT molecular complexity index is 3050. The van der Waals surface area contributed by atoms with Crippen molar-refractivity contribution in [3.05, 3.63) is 239 Å². The second kappa shape index (κ2) is 13.2. The van der Waals surface area contributed by atoms with Crippen LogP contribution in [0, 0.1) is 10.1 Å². The molecule has 0 fully saturated rings. The Morgan fingerprint density at radius 3 is 1.71 bits per heavy atom. The van der Waals surface area contributed by atoms with E-state index in [1.54, 1.807) is 24.3 Å². The molecule has 1 atom stereocenters. The fourth-order valence-electron chi connectivity index (χ4n) is 9.21. The molecule has 0 aromatic heterocycles. The smallest absolute Gasteiger partial charge is 0.269 e. The van der Waals surface area contributed by atoms with E-state index in [0.29, 0.717) is 0 Å². The monoisotopic (exact) mass is 746 g/mol. The number of para-hydroxylation sites is 1. The second-order valence-electron chi connectivity index (χ2n) is 14.9. The SMILES string of the molecule is O=[N+]([O-])c1ccc(-c2ccc(N(c3ccc(-c4ccccc4)cc3)c3ccc4c(c3)C3(c5ccccc5Oc5c3ccc3ccccc53)c3ccccc3-4)cc2)cc1. The van der Waals surface area contributed by atoms with E-state index in [9.17, 15) is 10.1 Å². The highest BCUT2D eigenvalue weighted by Crippen LogP contribution is 2.63. The Morgan fingerprint density at radius 1 is 0.448 bits per heavy atom. The molecule has 1 heterocycles. The summed E-state index contributed by atoms with van der Waals surface area (Å²) in [4.78, 5) is 13.3. The maximum atomic E-state index is 11.3. The topological polar surface area (TPSA) is 55.6 Å². The maximum absolute atomic E-state index is 11.3. The first-order valence-corrected chi connectivity index (χ1v) is 19.4. The number of hydrogen-bond acceptors (Lipinski definition) is 4. The van der Waals surface area contributed by atoms with Crippen LogP contribution in [0.25, 0.3) is 44.2 Å². The molecule has 1 unspecified atom stereocenters. The van der Waals surface area contributed by atoms with Crippen LogP contribution < -0.4 is 9.64 Å². The van der Waals surface area contributed by atoms with Gasteiger partial charge in [0.15, 0.2) is 0 Å². The van der Waals surface area contributed by atoms with Gasteiger partial charge in [0, 0.05) is 45.7 Å². The number of fused-ring (bicyclic) bond motifs is 11. The van der Waals surface area contributed by atoms with Crippen LogP contribution >= 0.6 is 0 Å². The second-order valence-corrected chi connectivity index (χ2v) is 14.9. The Kier molecular flexibility index (Phi) is 7.63. The van der Waals surface area contributed by atoms with Crippen LogP contribution in [-0.2, 0) is 5.41 Å². The molecular formula is C53H34N2O3. The van der Waals surface area contributed by atoms with Crippen molar-refractivity contribution in [2.75, 3.05) is 4.90 Å². The number of nitro benzene ring substituents is 1. The molecule has 2 aliphatic rings. The van der Waals surface area contributed by atoms with E-state index in [-0.39, 0.29) is 10.6 Å². The summed E-state index contributed by atoms with van der Waals surface area (Å²) in [6.45, 7) is 0. The highest BCUT2D eigenvalue weighted by Gasteiger charge is 2.51. The average Bonchev–Trinajstić information content (AvgIpc) is 3.57. The molecule has 1 aliphatic heterocycles. The van der Waals surface area contributed by atoms with Gasteiger partial charge in [-0.25, -0.2) is 0 Å². The Balaban J connectivity index is 1.12. The zero-order chi connectivity index (χ0) is 38.8. The number of nitrogens with zero attached hydrogens (tertiary/aromatic N) is 2. The Labute approximate surface area is 335 Å². The average molecular weight is 747 g/mol. The van der Waals surface area contributed by atoms with Gasteiger partial charge in [-0.15, -0.1) is 0 Å². The van der Waals surface area contributed by atoms with Gasteiger partial charge in [0.05, 0.1) is 10.3 Å². The molecule has 0 saturated carbocycles. The summed E-state index contributed by atoms with van der Waals surface area (Å²) in [6.07, 6.45) is 0. The number of non-ortho nitro benzene ring substituents is 1. The predicted molar refractivity (Wildman–Crippen MR) is 234 cm³/mol. The van der Waals surface area contributed by atoms with E-state index in [2.05, 4.69) is 181 Å². The van der Waals surface area contributed by atoms with Crippen molar-refractivity contribution in [2.24, 2.45) is 0 Å². The molecule has 5 nitrogen and oxygen atoms in total. The summed E-state index contributed by atoms with van der Waals surface area (Å²) in [6, 6.07) is 71.5. The molecule has 0 radical (unpaired) electrons. The van der Waals surface area contributed by atoms with Crippen LogP contribution in [0.2, 0.25) is 0 Å². The maximum Gasteiger partial charge on any atom is 0.269 e. The summed E-state index contributed by atoms with van der Waals surface area (Å²) in [5.41, 5.74) is 13.7. The fraction of sp³-hybridized carbons (Fsp3) is 0.0189. The number of rotatable bonds is 6. The lowest BCUT2D eigenvalue weighted by Crippen LogP contribution is -2.32. The van der Waals surface area contributed by atoms with Gasteiger partial charge in [0.2, 0.25) is 0 Å². The molecule has 11 rings (SSSR count). The van der Waals surface area contributed by atoms with E-state index < -0.39 is 5.41 Å². The number of nitro groups is 1. The van der Waals surface area contributed by atoms with Crippen LogP contribution in [0.15, 0.2) is 206 Å². The van der Waals surface area contributed by atoms with Gasteiger partial charge in [-0.1, -0.05) is 140 Å². The lowest BCUT2D eigenvalue weighted by molar-refractivity contribution is -0.384. The van der Waals surface area contributed by atoms with E-state index in [4.69, 9.17) is 4.74 Å². The first-order valence-electron chi connectivity index (χ1n) is 19.4. The number of anilines is 3. The lowest BCUT2D eigenvalue weighted by Gasteiger charge is -2.40. The van der Waals surface area contributed by atoms with Crippen LogP contribution in [0.1, 0.15) is 22.3 Å². The number of benzene rings is 9. The molecule has 1 aliphatic carbocycles. The fourth-order valence-corrected chi connectivity index (χ4v) is 9.21. The van der Waals surface area contributed by atoms with Gasteiger partial charge in [-0.05, 0) is 104 Å². The minimum atomic E-state index is -0.640. The highest BCUT2D eigenvalue weighted by atomic mass is 16.6. The minimum Gasteiger partial charge on any atom is -0.456 e. The van der Waals surface area contributed by atoms with Gasteiger partial charge in [-0.3, -0.25) is 10.1 Å². The van der Waals surface area contributed by atoms with Crippen LogP contribution in [0.4, 0.5) is 22.7 Å². The van der Waals surface area contributed by atoms with Crippen molar-refractivity contribution in [2.45, 2.75) is 5.41 Å². The lowest BCUT2D eigenvalue weighted by atomic mass is 9.65. The first kappa shape index (κ1) is 33.6. The molecule has 9 aromatic carbocycles. The summed E-state index contributed by atoms with van der Waals surface area (Å²) < 4.78 is 6.89. The number of hydrogen-bond donors (Lipinski definition) is 0. The summed E-state index contributed by atoms with van der Waals surface area (Å²) in [7, 11) is 0. The molecule has 9 aromatic rings. The van der Waals surface area contributed by atoms with Gasteiger partial charge in [0.25, 0.3) is 5.69 Å². The first-order chi connectivity index (χ1) is 28.6. The quantitative estimate of drug-likeness (QED) is 0.126. The molecule has 274 valence electrons. The van der Waals surface area contributed by atoms with E-state index in [1.807, 2.05) is 6.07 Å².